The average molecular weight is 315 g/mol. The van der Waals surface area contributed by atoms with Gasteiger partial charge < -0.3 is 15.5 Å². The third-order valence-electron chi connectivity index (χ3n) is 3.70. The Morgan fingerprint density at radius 2 is 2.10 bits per heavy atom. The standard InChI is InChI=1S/C14H20Cl2N4/c1-14(11-5-4-10(15)8-12(11)16)9-18-13(17)20(14)7-6-19(2)3/h4-5,8H,6-7,9H2,1-3H3,(H2,17,18). The predicted octanol–water partition coefficient (Wildman–Crippen LogP) is 2.40. The second kappa shape index (κ2) is 5.80. The monoisotopic (exact) mass is 314 g/mol. The number of hydrogen-bond acceptors (Lipinski definition) is 4. The van der Waals surface area contributed by atoms with Gasteiger partial charge in [-0.3, -0.25) is 4.99 Å². The summed E-state index contributed by atoms with van der Waals surface area (Å²) in [4.78, 5) is 8.63. The van der Waals surface area contributed by atoms with Crippen molar-refractivity contribution in [2.24, 2.45) is 10.7 Å². The Morgan fingerprint density at radius 1 is 1.40 bits per heavy atom. The number of nitrogens with zero attached hydrogens (tertiary/aromatic N) is 3. The van der Waals surface area contributed by atoms with E-state index in [-0.39, 0.29) is 5.54 Å². The van der Waals surface area contributed by atoms with Gasteiger partial charge in [0.2, 0.25) is 0 Å². The molecule has 4 nitrogen and oxygen atoms in total. The number of aliphatic imine (C=N–C) groups is 1. The fourth-order valence-electron chi connectivity index (χ4n) is 2.48. The molecule has 110 valence electrons. The molecule has 1 aromatic rings. The molecule has 0 saturated carbocycles. The lowest BCUT2D eigenvalue weighted by Gasteiger charge is -2.37. The van der Waals surface area contributed by atoms with Gasteiger partial charge in [-0.05, 0) is 38.7 Å². The van der Waals surface area contributed by atoms with Crippen molar-refractivity contribution in [3.63, 3.8) is 0 Å². The number of rotatable bonds is 4. The van der Waals surface area contributed by atoms with Crippen molar-refractivity contribution in [2.45, 2.75) is 12.5 Å². The van der Waals surface area contributed by atoms with Crippen LogP contribution in [0, 0.1) is 0 Å². The molecule has 0 amide bonds. The molecule has 0 aliphatic carbocycles. The maximum Gasteiger partial charge on any atom is 0.192 e. The van der Waals surface area contributed by atoms with E-state index in [1.54, 1.807) is 6.07 Å². The van der Waals surface area contributed by atoms with Crippen LogP contribution >= 0.6 is 23.2 Å². The van der Waals surface area contributed by atoms with E-state index >= 15 is 0 Å². The summed E-state index contributed by atoms with van der Waals surface area (Å²) in [5, 5.41) is 1.29. The summed E-state index contributed by atoms with van der Waals surface area (Å²) in [6.45, 7) is 4.42. The summed E-state index contributed by atoms with van der Waals surface area (Å²) in [7, 11) is 4.08. The van der Waals surface area contributed by atoms with Crippen LogP contribution in [0.2, 0.25) is 10.0 Å². The lowest BCUT2D eigenvalue weighted by atomic mass is 9.91. The Hall–Kier alpha value is -0.970. The molecule has 20 heavy (non-hydrogen) atoms. The van der Waals surface area contributed by atoms with Crippen LogP contribution in [0.4, 0.5) is 0 Å². The van der Waals surface area contributed by atoms with Crippen LogP contribution in [-0.4, -0.2) is 49.5 Å². The maximum absolute atomic E-state index is 6.36. The van der Waals surface area contributed by atoms with Crippen molar-refractivity contribution < 1.29 is 0 Å². The molecule has 1 aromatic carbocycles. The van der Waals surface area contributed by atoms with Crippen LogP contribution < -0.4 is 5.73 Å². The lowest BCUT2D eigenvalue weighted by Crippen LogP contribution is -2.49. The average Bonchev–Trinajstić information content (AvgIpc) is 2.63. The molecular formula is C14H20Cl2N4. The highest BCUT2D eigenvalue weighted by molar-refractivity contribution is 6.35. The molecule has 1 heterocycles. The second-order valence-electron chi connectivity index (χ2n) is 5.53. The van der Waals surface area contributed by atoms with Crippen LogP contribution in [-0.2, 0) is 5.54 Å². The zero-order valence-corrected chi connectivity index (χ0v) is 13.5. The van der Waals surface area contributed by atoms with E-state index in [0.29, 0.717) is 22.5 Å². The van der Waals surface area contributed by atoms with E-state index in [9.17, 15) is 0 Å². The first-order chi connectivity index (χ1) is 9.34. The largest absolute Gasteiger partial charge is 0.370 e. The van der Waals surface area contributed by atoms with Crippen molar-refractivity contribution >= 4 is 29.2 Å². The highest BCUT2D eigenvalue weighted by Crippen LogP contribution is 2.37. The number of halogens is 2. The van der Waals surface area contributed by atoms with E-state index in [2.05, 4.69) is 21.7 Å². The summed E-state index contributed by atoms with van der Waals surface area (Å²) >= 11 is 12.3. The Kier molecular flexibility index (Phi) is 4.47. The molecule has 0 fully saturated rings. The molecule has 6 heteroatoms. The summed E-state index contributed by atoms with van der Waals surface area (Å²) in [6.07, 6.45) is 0. The molecule has 0 bridgehead atoms. The van der Waals surface area contributed by atoms with Gasteiger partial charge in [0.05, 0.1) is 12.1 Å². The molecule has 2 N–H and O–H groups in total. The quantitative estimate of drug-likeness (QED) is 0.928. The van der Waals surface area contributed by atoms with E-state index in [0.717, 1.165) is 18.7 Å². The SMILES string of the molecule is CN(C)CCN1C(N)=NCC1(C)c1ccc(Cl)cc1Cl. The van der Waals surface area contributed by atoms with Crippen LogP contribution in [0.15, 0.2) is 23.2 Å². The van der Waals surface area contributed by atoms with E-state index in [1.807, 2.05) is 26.2 Å². The Balaban J connectivity index is 2.32. The summed E-state index contributed by atoms with van der Waals surface area (Å²) < 4.78 is 0. The topological polar surface area (TPSA) is 44.9 Å². The predicted molar refractivity (Wildman–Crippen MR) is 85.6 cm³/mol. The first kappa shape index (κ1) is 15.4. The van der Waals surface area contributed by atoms with Crippen LogP contribution in [0.3, 0.4) is 0 Å². The van der Waals surface area contributed by atoms with E-state index < -0.39 is 0 Å². The normalized spacial score (nSPS) is 22.5. The first-order valence-corrected chi connectivity index (χ1v) is 7.28. The number of benzene rings is 1. The third-order valence-corrected chi connectivity index (χ3v) is 4.25. The number of guanidine groups is 1. The minimum Gasteiger partial charge on any atom is -0.370 e. The molecular weight excluding hydrogens is 295 g/mol. The molecule has 0 radical (unpaired) electrons. The van der Waals surface area contributed by atoms with Crippen LogP contribution in [0.25, 0.3) is 0 Å². The highest BCUT2D eigenvalue weighted by Gasteiger charge is 2.40. The Morgan fingerprint density at radius 3 is 2.70 bits per heavy atom. The van der Waals surface area contributed by atoms with Gasteiger partial charge >= 0.3 is 0 Å². The summed E-state index contributed by atoms with van der Waals surface area (Å²) in [6, 6.07) is 5.58. The smallest absolute Gasteiger partial charge is 0.192 e. The number of nitrogens with two attached hydrogens (primary N) is 1. The molecule has 1 unspecified atom stereocenters. The van der Waals surface area contributed by atoms with Gasteiger partial charge in [0.1, 0.15) is 0 Å². The van der Waals surface area contributed by atoms with Crippen molar-refractivity contribution in [1.82, 2.24) is 9.80 Å². The second-order valence-corrected chi connectivity index (χ2v) is 6.37. The number of hydrogen-bond donors (Lipinski definition) is 1. The van der Waals surface area contributed by atoms with Gasteiger partial charge in [0.15, 0.2) is 5.96 Å². The lowest BCUT2D eigenvalue weighted by molar-refractivity contribution is 0.205. The fourth-order valence-corrected chi connectivity index (χ4v) is 3.09. The maximum atomic E-state index is 6.36. The van der Waals surface area contributed by atoms with Gasteiger partial charge in [-0.15, -0.1) is 0 Å². The van der Waals surface area contributed by atoms with Gasteiger partial charge in [0.25, 0.3) is 0 Å². The van der Waals surface area contributed by atoms with E-state index in [1.165, 1.54) is 0 Å². The minimum atomic E-state index is -0.318. The van der Waals surface area contributed by atoms with Crippen LogP contribution in [0.5, 0.6) is 0 Å². The molecule has 0 aromatic heterocycles. The van der Waals surface area contributed by atoms with Crippen molar-refractivity contribution in [1.29, 1.82) is 0 Å². The van der Waals surface area contributed by atoms with Gasteiger partial charge in [-0.2, -0.15) is 0 Å². The third kappa shape index (κ3) is 2.87. The summed E-state index contributed by atoms with van der Waals surface area (Å²) in [5.74, 6) is 0.570. The van der Waals surface area contributed by atoms with Crippen molar-refractivity contribution in [3.05, 3.63) is 33.8 Å². The molecule has 2 rings (SSSR count). The fraction of sp³-hybridized carbons (Fsp3) is 0.500. The Labute approximate surface area is 130 Å². The van der Waals surface area contributed by atoms with Crippen molar-refractivity contribution in [2.75, 3.05) is 33.7 Å². The highest BCUT2D eigenvalue weighted by atomic mass is 35.5. The van der Waals surface area contributed by atoms with Crippen LogP contribution in [0.1, 0.15) is 12.5 Å². The zero-order valence-electron chi connectivity index (χ0n) is 12.0. The van der Waals surface area contributed by atoms with E-state index in [4.69, 9.17) is 28.9 Å². The minimum absolute atomic E-state index is 0.318. The zero-order chi connectivity index (χ0) is 14.9. The van der Waals surface area contributed by atoms with Gasteiger partial charge in [-0.1, -0.05) is 29.3 Å². The summed E-state index contributed by atoms with van der Waals surface area (Å²) in [5.41, 5.74) is 6.73. The molecule has 1 aliphatic rings. The number of likely N-dealkylation sites (N-methyl/N-ethyl adjacent to an activating group) is 1. The van der Waals surface area contributed by atoms with Crippen molar-refractivity contribution in [3.8, 4) is 0 Å². The molecule has 0 spiro atoms. The van der Waals surface area contributed by atoms with Gasteiger partial charge in [0, 0.05) is 23.1 Å². The molecule has 1 aliphatic heterocycles. The molecule has 1 atom stereocenters. The Bertz CT molecular complexity index is 530. The first-order valence-electron chi connectivity index (χ1n) is 6.52. The molecule has 0 saturated heterocycles. The van der Waals surface area contributed by atoms with Gasteiger partial charge in [-0.25, -0.2) is 0 Å².